The summed E-state index contributed by atoms with van der Waals surface area (Å²) in [5.41, 5.74) is 14.2. The van der Waals surface area contributed by atoms with Gasteiger partial charge in [-0.15, -0.1) is 0 Å². The van der Waals surface area contributed by atoms with Crippen LogP contribution in [0.5, 0.6) is 0 Å². The molecule has 2 aliphatic carbocycles. The number of aryl methyl sites for hydroxylation is 1. The Morgan fingerprint density at radius 3 is 1.55 bits per heavy atom. The molecule has 0 fully saturated rings. The maximum absolute atomic E-state index is 5.42. The first-order chi connectivity index (χ1) is 18.4. The summed E-state index contributed by atoms with van der Waals surface area (Å²) in [7, 11) is 0. The Kier molecular flexibility index (Phi) is 4.33. The second-order valence-corrected chi connectivity index (χ2v) is 9.76. The van der Waals surface area contributed by atoms with Crippen LogP contribution in [0.3, 0.4) is 0 Å². The summed E-state index contributed by atoms with van der Waals surface area (Å²) in [4.78, 5) is 21.6. The van der Waals surface area contributed by atoms with E-state index in [1.54, 1.807) is 6.08 Å². The summed E-state index contributed by atoms with van der Waals surface area (Å²) in [6.07, 6.45) is 11.4. The van der Waals surface area contributed by atoms with Crippen molar-refractivity contribution in [2.45, 2.75) is 27.7 Å². The zero-order valence-corrected chi connectivity index (χ0v) is 22.0. The Bertz CT molecular complexity index is 2120. The van der Waals surface area contributed by atoms with Crippen molar-refractivity contribution in [3.63, 3.8) is 0 Å². The second-order valence-electron chi connectivity index (χ2n) is 9.76. The molecule has 6 heterocycles. The van der Waals surface area contributed by atoms with Gasteiger partial charge in [-0.1, -0.05) is 62.8 Å². The third-order valence-corrected chi connectivity index (χ3v) is 8.08. The van der Waals surface area contributed by atoms with Crippen LogP contribution >= 0.6 is 0 Å². The third kappa shape index (κ3) is 2.34. The fourth-order valence-corrected chi connectivity index (χ4v) is 6.18. The number of rotatable bonds is 4. The van der Waals surface area contributed by atoms with Crippen LogP contribution in [-0.2, 0) is 0 Å². The average Bonchev–Trinajstić information content (AvgIpc) is 3.57. The van der Waals surface area contributed by atoms with Gasteiger partial charge in [0.2, 0.25) is 0 Å². The molecule has 0 saturated heterocycles. The van der Waals surface area contributed by atoms with Crippen molar-refractivity contribution in [1.82, 2.24) is 29.0 Å². The molecule has 12 bridgehead atoms. The lowest BCUT2D eigenvalue weighted by Gasteiger charge is -2.06. The largest absolute Gasteiger partial charge is 0.228 e. The zero-order chi connectivity index (χ0) is 26.6. The Morgan fingerprint density at radius 1 is 0.579 bits per heavy atom. The standard InChI is InChI=1S/C32H26N6/c1-9-14-22-19(11-3)27-24-23-25-15(6)16(7)26(23)34-31-20(12-4)21(13-5)32(36-28(22)24)38(31)37-29(33-25)17(8)18(10-2)30(37)35-27/h9-14H,1-2,4-5H2,3,6-8H3/b19-11+,22-14+,24-23?,33-25?,33-29?,34-26?,34-31?,35-27?,35-30?,36-28?,36-32?. The molecule has 0 aromatic carbocycles. The fraction of sp³-hybridized carbons (Fsp3) is 0.125. The summed E-state index contributed by atoms with van der Waals surface area (Å²) >= 11 is 0. The van der Waals surface area contributed by atoms with E-state index in [4.69, 9.17) is 19.9 Å². The van der Waals surface area contributed by atoms with Gasteiger partial charge in [-0.05, 0) is 38.8 Å². The highest BCUT2D eigenvalue weighted by atomic mass is 15.4. The number of allylic oxidation sites excluding steroid dienone is 7. The Balaban J connectivity index is 2.08. The van der Waals surface area contributed by atoms with Crippen molar-refractivity contribution in [1.29, 1.82) is 0 Å². The van der Waals surface area contributed by atoms with E-state index in [0.717, 1.165) is 95.0 Å². The molecule has 6 aromatic rings. The number of hydrogen-bond acceptors (Lipinski definition) is 4. The highest BCUT2D eigenvalue weighted by Crippen LogP contribution is 2.49. The van der Waals surface area contributed by atoms with Crippen LogP contribution in [0.25, 0.3) is 73.9 Å². The molecule has 38 heavy (non-hydrogen) atoms. The molecule has 0 spiro atoms. The van der Waals surface area contributed by atoms with Crippen LogP contribution in [0.2, 0.25) is 0 Å². The number of nitrogens with zero attached hydrogens (tertiary/aromatic N) is 6. The first-order valence-corrected chi connectivity index (χ1v) is 12.6. The average molecular weight is 495 g/mol. The molecule has 0 aliphatic heterocycles. The molecule has 184 valence electrons. The summed E-state index contributed by atoms with van der Waals surface area (Å²) in [5.74, 6) is 0. The number of aromatic nitrogens is 6. The van der Waals surface area contributed by atoms with Gasteiger partial charge in [0.05, 0.1) is 22.8 Å². The normalized spacial score (nSPS) is 16.3. The van der Waals surface area contributed by atoms with Crippen LogP contribution in [0.15, 0.2) is 44.5 Å². The smallest absolute Gasteiger partial charge is 0.162 e. The van der Waals surface area contributed by atoms with Gasteiger partial charge < -0.3 is 0 Å². The molecule has 0 radical (unpaired) electrons. The maximum atomic E-state index is 5.42. The second kappa shape index (κ2) is 7.35. The van der Waals surface area contributed by atoms with Gasteiger partial charge in [-0.25, -0.2) is 29.0 Å². The number of hydrogen-bond donors (Lipinski definition) is 0. The molecular formula is C32H26N6. The van der Waals surface area contributed by atoms with E-state index in [2.05, 4.69) is 53.2 Å². The molecule has 0 unspecified atom stereocenters. The molecule has 2 aliphatic rings. The van der Waals surface area contributed by atoms with Gasteiger partial charge in [0.15, 0.2) is 22.6 Å². The SMILES string of the molecule is C=C/C=C1\C(=C/C)c2nc3c(C=C)c(C)c4nc5c6c(nc7c(C=C)c(C=C)c(nc1c26)n7n43)C(C)=C5C. The van der Waals surface area contributed by atoms with E-state index in [9.17, 15) is 0 Å². The molecule has 0 amide bonds. The van der Waals surface area contributed by atoms with Crippen molar-refractivity contribution in [3.05, 3.63) is 89.6 Å². The lowest BCUT2D eigenvalue weighted by Crippen LogP contribution is -2.03. The van der Waals surface area contributed by atoms with E-state index in [1.165, 1.54) is 0 Å². The monoisotopic (exact) mass is 494 g/mol. The van der Waals surface area contributed by atoms with Gasteiger partial charge in [0.1, 0.15) is 0 Å². The lowest BCUT2D eigenvalue weighted by molar-refractivity contribution is 0.874. The van der Waals surface area contributed by atoms with Crippen molar-refractivity contribution in [2.75, 3.05) is 0 Å². The maximum Gasteiger partial charge on any atom is 0.162 e. The molecule has 8 rings (SSSR count). The van der Waals surface area contributed by atoms with Crippen LogP contribution in [0.1, 0.15) is 65.8 Å². The van der Waals surface area contributed by atoms with Crippen molar-refractivity contribution in [2.24, 2.45) is 0 Å². The van der Waals surface area contributed by atoms with E-state index < -0.39 is 0 Å². The van der Waals surface area contributed by atoms with Gasteiger partial charge in [0, 0.05) is 44.2 Å². The summed E-state index contributed by atoms with van der Waals surface area (Å²) in [6, 6.07) is 0. The van der Waals surface area contributed by atoms with Gasteiger partial charge in [-0.2, -0.15) is 0 Å². The molecular weight excluding hydrogens is 468 g/mol. The van der Waals surface area contributed by atoms with Crippen LogP contribution in [-0.4, -0.2) is 29.0 Å². The Hall–Kier alpha value is -4.84. The van der Waals surface area contributed by atoms with Crippen molar-refractivity contribution in [3.8, 4) is 0 Å². The summed E-state index contributed by atoms with van der Waals surface area (Å²) < 4.78 is 4.07. The fourth-order valence-electron chi connectivity index (χ4n) is 6.18. The predicted molar refractivity (Wildman–Crippen MR) is 160 cm³/mol. The van der Waals surface area contributed by atoms with Crippen LogP contribution in [0.4, 0.5) is 0 Å². The first kappa shape index (κ1) is 22.4. The summed E-state index contributed by atoms with van der Waals surface area (Å²) in [5, 5.41) is 1.90. The molecule has 0 atom stereocenters. The van der Waals surface area contributed by atoms with E-state index >= 15 is 0 Å². The lowest BCUT2D eigenvalue weighted by atomic mass is 10.1. The molecule has 6 heteroatoms. The minimum absolute atomic E-state index is 0.705. The molecule has 0 saturated carbocycles. The van der Waals surface area contributed by atoms with E-state index in [1.807, 2.05) is 40.3 Å². The zero-order valence-electron chi connectivity index (χ0n) is 22.0. The van der Waals surface area contributed by atoms with Crippen LogP contribution < -0.4 is 0 Å². The van der Waals surface area contributed by atoms with Gasteiger partial charge in [-0.3, -0.25) is 0 Å². The highest BCUT2D eigenvalue weighted by molar-refractivity contribution is 6.24. The molecule has 0 N–H and O–H groups in total. The summed E-state index contributed by atoms with van der Waals surface area (Å²) in [6.45, 7) is 24.8. The predicted octanol–water partition coefficient (Wildman–Crippen LogP) is 7.57. The topological polar surface area (TPSA) is 60.4 Å². The third-order valence-electron chi connectivity index (χ3n) is 8.08. The molecule has 6 aromatic heterocycles. The minimum atomic E-state index is 0.705. The minimum Gasteiger partial charge on any atom is -0.228 e. The quantitative estimate of drug-likeness (QED) is 0.259. The molecule has 6 nitrogen and oxygen atoms in total. The van der Waals surface area contributed by atoms with E-state index in [-0.39, 0.29) is 0 Å². The Morgan fingerprint density at radius 2 is 1.03 bits per heavy atom. The van der Waals surface area contributed by atoms with Gasteiger partial charge in [0.25, 0.3) is 0 Å². The van der Waals surface area contributed by atoms with Gasteiger partial charge >= 0.3 is 0 Å². The first-order valence-electron chi connectivity index (χ1n) is 12.6. The Labute approximate surface area is 220 Å². The van der Waals surface area contributed by atoms with Crippen molar-refractivity contribution < 1.29 is 0 Å². The van der Waals surface area contributed by atoms with E-state index in [0.29, 0.717) is 5.65 Å². The van der Waals surface area contributed by atoms with Crippen molar-refractivity contribution >= 4 is 73.9 Å². The highest BCUT2D eigenvalue weighted by Gasteiger charge is 2.34. The van der Waals surface area contributed by atoms with Crippen LogP contribution in [0, 0.1) is 6.92 Å².